The maximum atomic E-state index is 13.1. The van der Waals surface area contributed by atoms with Crippen molar-refractivity contribution in [1.29, 1.82) is 0 Å². The van der Waals surface area contributed by atoms with Crippen LogP contribution in [0.3, 0.4) is 0 Å². The van der Waals surface area contributed by atoms with Crippen molar-refractivity contribution in [3.8, 4) is 11.5 Å². The highest BCUT2D eigenvalue weighted by atomic mass is 19.1. The lowest BCUT2D eigenvalue weighted by Crippen LogP contribution is -2.45. The largest absolute Gasteiger partial charge is 0.490 e. The van der Waals surface area contributed by atoms with E-state index in [4.69, 9.17) is 14.2 Å². The summed E-state index contributed by atoms with van der Waals surface area (Å²) in [7, 11) is 0. The molecule has 0 radical (unpaired) electrons. The molecule has 0 spiro atoms. The van der Waals surface area contributed by atoms with E-state index in [0.717, 1.165) is 5.56 Å². The van der Waals surface area contributed by atoms with Gasteiger partial charge in [0.15, 0.2) is 11.5 Å². The number of halogens is 1. The van der Waals surface area contributed by atoms with Gasteiger partial charge in [0.1, 0.15) is 12.4 Å². The molecule has 1 aliphatic heterocycles. The Morgan fingerprint density at radius 2 is 1.81 bits per heavy atom. The number of hydrogen-bond acceptors (Lipinski definition) is 5. The van der Waals surface area contributed by atoms with Gasteiger partial charge >= 0.3 is 12.0 Å². The van der Waals surface area contributed by atoms with Crippen molar-refractivity contribution in [2.45, 2.75) is 46.4 Å². The first kappa shape index (κ1) is 23.1. The van der Waals surface area contributed by atoms with Crippen LogP contribution in [0.1, 0.15) is 44.9 Å². The third-order valence-corrected chi connectivity index (χ3v) is 4.74. The molecule has 170 valence electrons. The molecule has 7 nitrogen and oxygen atoms in total. The first-order chi connectivity index (χ1) is 15.3. The number of benzene rings is 2. The van der Waals surface area contributed by atoms with Crippen LogP contribution >= 0.6 is 0 Å². The minimum absolute atomic E-state index is 0.231. The number of esters is 1. The number of carbonyl (C=O) groups excluding carboxylic acids is 2. The van der Waals surface area contributed by atoms with Crippen LogP contribution in [0.15, 0.2) is 53.7 Å². The van der Waals surface area contributed by atoms with Crippen LogP contribution in [-0.2, 0) is 16.1 Å². The zero-order chi connectivity index (χ0) is 23.3. The average Bonchev–Trinajstić information content (AvgIpc) is 2.73. The van der Waals surface area contributed by atoms with Gasteiger partial charge in [-0.1, -0.05) is 18.2 Å². The normalized spacial score (nSPS) is 15.8. The second-order valence-corrected chi connectivity index (χ2v) is 7.58. The molecule has 1 aliphatic rings. The molecule has 3 rings (SSSR count). The van der Waals surface area contributed by atoms with E-state index in [9.17, 15) is 14.0 Å². The monoisotopic (exact) mass is 442 g/mol. The number of carbonyl (C=O) groups is 2. The van der Waals surface area contributed by atoms with Crippen molar-refractivity contribution < 1.29 is 28.2 Å². The fraction of sp³-hybridized carbons (Fsp3) is 0.333. The van der Waals surface area contributed by atoms with Gasteiger partial charge in [-0.2, -0.15) is 0 Å². The molecule has 8 heteroatoms. The Morgan fingerprint density at radius 3 is 2.47 bits per heavy atom. The summed E-state index contributed by atoms with van der Waals surface area (Å²) >= 11 is 0. The van der Waals surface area contributed by atoms with Crippen LogP contribution in [0.25, 0.3) is 0 Å². The van der Waals surface area contributed by atoms with Crippen molar-refractivity contribution in [2.24, 2.45) is 0 Å². The molecule has 32 heavy (non-hydrogen) atoms. The smallest absolute Gasteiger partial charge is 0.338 e. The molecule has 2 amide bonds. The summed E-state index contributed by atoms with van der Waals surface area (Å²) in [6.07, 6.45) is -0.303. The molecule has 0 bridgehead atoms. The number of urea groups is 1. The zero-order valence-electron chi connectivity index (χ0n) is 18.5. The molecule has 0 saturated carbocycles. The Bertz CT molecular complexity index is 1020. The van der Waals surface area contributed by atoms with Gasteiger partial charge < -0.3 is 24.8 Å². The minimum Gasteiger partial charge on any atom is -0.490 e. The molecule has 0 saturated heterocycles. The molecular formula is C24H27FN2O5. The number of rotatable bonds is 8. The number of hydrogen-bond donors (Lipinski definition) is 2. The van der Waals surface area contributed by atoms with E-state index in [0.29, 0.717) is 34.9 Å². The highest BCUT2D eigenvalue weighted by Crippen LogP contribution is 2.35. The third kappa shape index (κ3) is 5.57. The van der Waals surface area contributed by atoms with Crippen LogP contribution in [0.2, 0.25) is 0 Å². The van der Waals surface area contributed by atoms with E-state index in [1.54, 1.807) is 51.1 Å². The van der Waals surface area contributed by atoms with E-state index in [2.05, 4.69) is 10.6 Å². The summed E-state index contributed by atoms with van der Waals surface area (Å²) in [5.41, 5.74) is 2.20. The van der Waals surface area contributed by atoms with Crippen LogP contribution in [0.4, 0.5) is 9.18 Å². The maximum absolute atomic E-state index is 13.1. The number of nitrogens with one attached hydrogen (secondary N) is 2. The number of amides is 2. The second kappa shape index (κ2) is 10.2. The molecule has 2 aromatic carbocycles. The lowest BCUT2D eigenvalue weighted by atomic mass is 9.95. The maximum Gasteiger partial charge on any atom is 0.338 e. The van der Waals surface area contributed by atoms with Gasteiger partial charge in [0.2, 0.25) is 0 Å². The fourth-order valence-electron chi connectivity index (χ4n) is 3.33. The molecular weight excluding hydrogens is 415 g/mol. The van der Waals surface area contributed by atoms with Gasteiger partial charge in [-0.3, -0.25) is 0 Å². The van der Waals surface area contributed by atoms with Crippen molar-refractivity contribution in [3.05, 3.63) is 70.7 Å². The first-order valence-electron chi connectivity index (χ1n) is 10.4. The molecule has 0 aromatic heterocycles. The molecule has 1 atom stereocenters. The van der Waals surface area contributed by atoms with Gasteiger partial charge in [-0.25, -0.2) is 14.0 Å². The Balaban J connectivity index is 1.89. The standard InChI is InChI=1S/C24H27FN2O5/c1-5-30-20-12-17(8-11-19(20)31-13-16-6-9-18(25)10-7-16)22-21(23(28)32-14(2)3)15(4)26-24(29)27-22/h6-12,14,22H,5,13H2,1-4H3,(H2,26,27,29). The van der Waals surface area contributed by atoms with Crippen molar-refractivity contribution >= 4 is 12.0 Å². The zero-order valence-corrected chi connectivity index (χ0v) is 18.5. The predicted octanol–water partition coefficient (Wildman–Crippen LogP) is 4.38. The number of ether oxygens (including phenoxy) is 3. The average molecular weight is 442 g/mol. The van der Waals surface area contributed by atoms with E-state index >= 15 is 0 Å². The lowest BCUT2D eigenvalue weighted by Gasteiger charge is -2.29. The Labute approximate surface area is 186 Å². The molecule has 0 aliphatic carbocycles. The molecule has 1 heterocycles. The highest BCUT2D eigenvalue weighted by Gasteiger charge is 2.33. The van der Waals surface area contributed by atoms with Gasteiger partial charge in [0, 0.05) is 5.70 Å². The van der Waals surface area contributed by atoms with Crippen molar-refractivity contribution in [2.75, 3.05) is 6.61 Å². The quantitative estimate of drug-likeness (QED) is 0.593. The molecule has 1 unspecified atom stereocenters. The Kier molecular flexibility index (Phi) is 7.35. The Hall–Kier alpha value is -3.55. The summed E-state index contributed by atoms with van der Waals surface area (Å²) in [6.45, 7) is 7.65. The summed E-state index contributed by atoms with van der Waals surface area (Å²) in [6, 6.07) is 10.1. The highest BCUT2D eigenvalue weighted by molar-refractivity contribution is 5.95. The van der Waals surface area contributed by atoms with Crippen molar-refractivity contribution in [1.82, 2.24) is 10.6 Å². The van der Waals surface area contributed by atoms with Crippen LogP contribution in [0.5, 0.6) is 11.5 Å². The summed E-state index contributed by atoms with van der Waals surface area (Å²) in [5.74, 6) is 0.137. The molecule has 0 fully saturated rings. The lowest BCUT2D eigenvalue weighted by molar-refractivity contribution is -0.143. The van der Waals surface area contributed by atoms with Crippen molar-refractivity contribution in [3.63, 3.8) is 0 Å². The van der Waals surface area contributed by atoms with E-state index < -0.39 is 18.0 Å². The summed E-state index contributed by atoms with van der Waals surface area (Å²) in [4.78, 5) is 24.8. The van der Waals surface area contributed by atoms with Crippen LogP contribution in [0, 0.1) is 5.82 Å². The van der Waals surface area contributed by atoms with Gasteiger partial charge in [0.05, 0.1) is 24.3 Å². The van der Waals surface area contributed by atoms with Gasteiger partial charge in [0.25, 0.3) is 0 Å². The summed E-state index contributed by atoms with van der Waals surface area (Å²) < 4.78 is 30.1. The molecule has 2 N–H and O–H groups in total. The fourth-order valence-corrected chi connectivity index (χ4v) is 3.33. The van der Waals surface area contributed by atoms with Crippen LogP contribution in [-0.4, -0.2) is 24.7 Å². The second-order valence-electron chi connectivity index (χ2n) is 7.58. The van der Waals surface area contributed by atoms with Gasteiger partial charge in [-0.15, -0.1) is 0 Å². The first-order valence-corrected chi connectivity index (χ1v) is 10.4. The number of allylic oxidation sites excluding steroid dienone is 1. The SMILES string of the molecule is CCOc1cc(C2NC(=O)NC(C)=C2C(=O)OC(C)C)ccc1OCc1ccc(F)cc1. The van der Waals surface area contributed by atoms with Gasteiger partial charge in [-0.05, 0) is 63.1 Å². The van der Waals surface area contributed by atoms with Crippen LogP contribution < -0.4 is 20.1 Å². The minimum atomic E-state index is -0.708. The predicted molar refractivity (Wildman–Crippen MR) is 117 cm³/mol. The Morgan fingerprint density at radius 1 is 1.09 bits per heavy atom. The topological polar surface area (TPSA) is 85.9 Å². The molecule has 2 aromatic rings. The van der Waals surface area contributed by atoms with E-state index in [-0.39, 0.29) is 18.5 Å². The third-order valence-electron chi connectivity index (χ3n) is 4.74. The van der Waals surface area contributed by atoms with E-state index in [1.165, 1.54) is 12.1 Å². The van der Waals surface area contributed by atoms with E-state index in [1.807, 2.05) is 6.92 Å². The summed E-state index contributed by atoms with van der Waals surface area (Å²) in [5, 5.41) is 5.40.